The van der Waals surface area contributed by atoms with E-state index in [1.165, 1.54) is 25.7 Å². The van der Waals surface area contributed by atoms with E-state index in [1.54, 1.807) is 0 Å². The van der Waals surface area contributed by atoms with Crippen LogP contribution < -0.4 is 0 Å². The van der Waals surface area contributed by atoms with Gasteiger partial charge < -0.3 is 4.65 Å². The van der Waals surface area contributed by atoms with Gasteiger partial charge in [0, 0.05) is 0 Å². The summed E-state index contributed by atoms with van der Waals surface area (Å²) in [7, 11) is 2.04. The van der Waals surface area contributed by atoms with Crippen LogP contribution in [0.1, 0.15) is 67.2 Å². The zero-order valence-electron chi connectivity index (χ0n) is 18.4. The number of hydrogen-bond acceptors (Lipinski definition) is 1. The average Bonchev–Trinajstić information content (AvgIpc) is 2.59. The van der Waals surface area contributed by atoms with Crippen LogP contribution in [0.2, 0.25) is 18.0 Å². The van der Waals surface area contributed by atoms with E-state index in [-0.39, 0.29) is 0 Å². The Morgan fingerprint density at radius 3 is 1.58 bits per heavy atom. The molecule has 0 aromatic carbocycles. The largest absolute Gasteiger partial charge is 0.592 e. The molecule has 6 saturated carbocycles. The molecular weight excluding hydrogens is 315 g/mol. The van der Waals surface area contributed by atoms with E-state index in [4.69, 9.17) is 4.65 Å². The third kappa shape index (κ3) is 2.20. The Morgan fingerprint density at radius 2 is 1.31 bits per heavy atom. The zero-order chi connectivity index (χ0) is 19.1. The van der Waals surface area contributed by atoms with Crippen molar-refractivity contribution in [3.63, 3.8) is 0 Å². The molecule has 1 nitrogen and oxygen atoms in total. The van der Waals surface area contributed by atoms with E-state index in [0.29, 0.717) is 10.8 Å². The summed E-state index contributed by atoms with van der Waals surface area (Å²) in [4.78, 5) is 0. The van der Waals surface area contributed by atoms with Gasteiger partial charge in [-0.1, -0.05) is 66.2 Å². The second-order valence-electron chi connectivity index (χ2n) is 12.1. The van der Waals surface area contributed by atoms with Crippen LogP contribution in [0.25, 0.3) is 0 Å². The molecule has 8 atom stereocenters. The van der Waals surface area contributed by atoms with Crippen molar-refractivity contribution in [2.75, 3.05) is 7.11 Å². The highest BCUT2D eigenvalue weighted by Crippen LogP contribution is 2.72. The topological polar surface area (TPSA) is 9.23 Å². The van der Waals surface area contributed by atoms with Crippen LogP contribution in [0, 0.1) is 46.3 Å². The standard InChI is InChI=1S/C24H42BO/c1-9-10-25(26-8,21-13-17-11-19(15(21)2)23(17,4)5)22-14-18-12-20(16(22)3)24(18,6)7/h9,15-22H,1,10-14H2,2-8H3/q-1. The van der Waals surface area contributed by atoms with Crippen molar-refractivity contribution >= 4 is 6.35 Å². The van der Waals surface area contributed by atoms with Crippen molar-refractivity contribution < 1.29 is 4.65 Å². The monoisotopic (exact) mass is 357 g/mol. The predicted octanol–water partition coefficient (Wildman–Crippen LogP) is 6.91. The molecule has 0 aromatic heterocycles. The Hall–Kier alpha value is -0.235. The van der Waals surface area contributed by atoms with E-state index in [2.05, 4.69) is 54.2 Å². The second kappa shape index (κ2) is 5.88. The maximum absolute atomic E-state index is 6.66. The van der Waals surface area contributed by atoms with E-state index in [1.807, 2.05) is 7.11 Å². The summed E-state index contributed by atoms with van der Waals surface area (Å²) >= 11 is 0. The first-order valence-electron chi connectivity index (χ1n) is 11.4. The van der Waals surface area contributed by atoms with Gasteiger partial charge in [0.15, 0.2) is 0 Å². The lowest BCUT2D eigenvalue weighted by atomic mass is 9.15. The van der Waals surface area contributed by atoms with Crippen molar-refractivity contribution in [2.24, 2.45) is 46.3 Å². The van der Waals surface area contributed by atoms with Crippen molar-refractivity contribution in [3.05, 3.63) is 12.7 Å². The SMILES string of the molecule is C=CC[B-](OC)(C1CC2CC(C1C)C2(C)C)C1CC2CC(C1C)C2(C)C. The molecule has 0 aromatic rings. The minimum absolute atomic E-state index is 0.558. The zero-order valence-corrected chi connectivity index (χ0v) is 18.4. The molecule has 0 heterocycles. The van der Waals surface area contributed by atoms with Crippen LogP contribution in [-0.2, 0) is 4.65 Å². The first-order valence-corrected chi connectivity index (χ1v) is 11.4. The van der Waals surface area contributed by atoms with Gasteiger partial charge in [-0.15, -0.1) is 30.6 Å². The molecule has 0 amide bonds. The minimum atomic E-state index is -0.829. The highest BCUT2D eigenvalue weighted by Gasteiger charge is 2.63. The molecule has 6 rings (SSSR count). The van der Waals surface area contributed by atoms with Gasteiger partial charge >= 0.3 is 0 Å². The Labute approximate surface area is 162 Å². The summed E-state index contributed by atoms with van der Waals surface area (Å²) in [5.41, 5.74) is 1.12. The maximum Gasteiger partial charge on any atom is 0.123 e. The van der Waals surface area contributed by atoms with Crippen LogP contribution in [0.4, 0.5) is 0 Å². The van der Waals surface area contributed by atoms with Crippen LogP contribution in [-0.4, -0.2) is 13.5 Å². The minimum Gasteiger partial charge on any atom is -0.592 e. The molecule has 0 N–H and O–H groups in total. The van der Waals surface area contributed by atoms with Gasteiger partial charge in [0.2, 0.25) is 0 Å². The lowest BCUT2D eigenvalue weighted by Crippen LogP contribution is -2.65. The normalized spacial score (nSPS) is 50.1. The fourth-order valence-corrected chi connectivity index (χ4v) is 9.24. The Bertz CT molecular complexity index is 537. The maximum atomic E-state index is 6.66. The number of allylic oxidation sites excluding steroid dienone is 1. The number of hydrogen-bond donors (Lipinski definition) is 0. The molecule has 2 heteroatoms. The first kappa shape index (κ1) is 19.1. The quantitative estimate of drug-likeness (QED) is 0.384. The van der Waals surface area contributed by atoms with Crippen molar-refractivity contribution in [3.8, 4) is 0 Å². The fraction of sp³-hybridized carbons (Fsp3) is 0.917. The van der Waals surface area contributed by atoms with Crippen molar-refractivity contribution in [1.29, 1.82) is 0 Å². The highest BCUT2D eigenvalue weighted by molar-refractivity contribution is 6.77. The van der Waals surface area contributed by atoms with Gasteiger partial charge in [-0.2, -0.15) is 0 Å². The fourth-order valence-electron chi connectivity index (χ4n) is 9.24. The van der Waals surface area contributed by atoms with Crippen LogP contribution in [0.3, 0.4) is 0 Å². The second-order valence-corrected chi connectivity index (χ2v) is 12.1. The Balaban J connectivity index is 1.66. The van der Waals surface area contributed by atoms with Gasteiger partial charge in [0.05, 0.1) is 0 Å². The Kier molecular flexibility index (Phi) is 4.32. The lowest BCUT2D eigenvalue weighted by Gasteiger charge is -2.72. The summed E-state index contributed by atoms with van der Waals surface area (Å²) in [6.45, 7) is 19.4. The van der Waals surface area contributed by atoms with Crippen LogP contribution in [0.5, 0.6) is 0 Å². The molecule has 148 valence electrons. The molecule has 8 unspecified atom stereocenters. The van der Waals surface area contributed by atoms with Gasteiger partial charge in [-0.25, -0.2) is 0 Å². The van der Waals surface area contributed by atoms with Gasteiger partial charge in [0.25, 0.3) is 0 Å². The first-order chi connectivity index (χ1) is 12.1. The molecule has 6 aliphatic carbocycles. The molecular formula is C24H42BO-. The number of rotatable bonds is 5. The molecule has 4 bridgehead atoms. The average molecular weight is 357 g/mol. The summed E-state index contributed by atoms with van der Waals surface area (Å²) in [5, 5.41) is 0. The molecule has 6 aliphatic rings. The van der Waals surface area contributed by atoms with Crippen LogP contribution in [0.15, 0.2) is 12.7 Å². The predicted molar refractivity (Wildman–Crippen MR) is 114 cm³/mol. The molecule has 0 spiro atoms. The summed E-state index contributed by atoms with van der Waals surface area (Å²) < 4.78 is 6.66. The summed E-state index contributed by atoms with van der Waals surface area (Å²) in [6.07, 6.45) is 8.19. The van der Waals surface area contributed by atoms with Gasteiger partial charge in [0.1, 0.15) is 6.35 Å². The molecule has 0 aliphatic heterocycles. The Morgan fingerprint density at radius 1 is 0.885 bits per heavy atom. The summed E-state index contributed by atoms with van der Waals surface area (Å²) in [6, 6.07) is 0. The van der Waals surface area contributed by atoms with Gasteiger partial charge in [-0.05, 0) is 54.5 Å². The molecule has 6 fully saturated rings. The summed E-state index contributed by atoms with van der Waals surface area (Å²) in [5.74, 6) is 6.77. The lowest BCUT2D eigenvalue weighted by molar-refractivity contribution is -0.113. The van der Waals surface area contributed by atoms with Crippen molar-refractivity contribution in [1.82, 2.24) is 0 Å². The van der Waals surface area contributed by atoms with Crippen LogP contribution >= 0.6 is 0 Å². The van der Waals surface area contributed by atoms with Crippen molar-refractivity contribution in [2.45, 2.75) is 85.2 Å². The molecule has 0 saturated heterocycles. The van der Waals surface area contributed by atoms with E-state index in [0.717, 1.165) is 53.5 Å². The van der Waals surface area contributed by atoms with E-state index < -0.39 is 6.35 Å². The molecule has 26 heavy (non-hydrogen) atoms. The highest BCUT2D eigenvalue weighted by atomic mass is 16.4. The van der Waals surface area contributed by atoms with E-state index in [9.17, 15) is 0 Å². The number of fused-ring (bicyclic) bond motifs is 4. The van der Waals surface area contributed by atoms with E-state index >= 15 is 0 Å². The smallest absolute Gasteiger partial charge is 0.123 e. The third-order valence-corrected chi connectivity index (χ3v) is 11.2. The molecule has 0 radical (unpaired) electrons. The third-order valence-electron chi connectivity index (χ3n) is 11.2. The van der Waals surface area contributed by atoms with Gasteiger partial charge in [-0.3, -0.25) is 0 Å².